The molecule has 0 bridgehead atoms. The van der Waals surface area contributed by atoms with Gasteiger partial charge < -0.3 is 8.83 Å². The van der Waals surface area contributed by atoms with Crippen LogP contribution in [0.25, 0.3) is 43.9 Å². The van der Waals surface area contributed by atoms with Crippen molar-refractivity contribution in [2.45, 2.75) is 52.4 Å². The average Bonchev–Trinajstić information content (AvgIpc) is 3.37. The molecule has 0 aliphatic heterocycles. The van der Waals surface area contributed by atoms with E-state index in [4.69, 9.17) is 8.83 Å². The Balaban J connectivity index is 0.000000145. The van der Waals surface area contributed by atoms with Gasteiger partial charge >= 0.3 is 0 Å². The molecule has 35 heavy (non-hydrogen) atoms. The van der Waals surface area contributed by atoms with Crippen LogP contribution in [0.4, 0.5) is 0 Å². The molecule has 6 aromatic rings. The van der Waals surface area contributed by atoms with Crippen LogP contribution in [0.2, 0.25) is 0 Å². The van der Waals surface area contributed by atoms with Gasteiger partial charge in [0.15, 0.2) is 0 Å². The standard InChI is InChI=1S/C16H15BrO.C16H16O/c1-16(2,3)12-8-4-6-10-11-7-5-9-13(17)15(11)18-14(10)12;1-16(2,3)13-9-6-8-12-11-7-4-5-10-14(11)17-15(12)13/h4-9H,1-3H3;4-10H,1-3H3. The van der Waals surface area contributed by atoms with Gasteiger partial charge in [0.05, 0.1) is 4.47 Å². The Hall–Kier alpha value is -3.04. The Kier molecular flexibility index (Phi) is 5.80. The highest BCUT2D eigenvalue weighted by Gasteiger charge is 2.21. The van der Waals surface area contributed by atoms with E-state index < -0.39 is 0 Å². The second-order valence-electron chi connectivity index (χ2n) is 11.2. The van der Waals surface area contributed by atoms with Crippen LogP contribution in [0.5, 0.6) is 0 Å². The summed E-state index contributed by atoms with van der Waals surface area (Å²) < 4.78 is 13.1. The topological polar surface area (TPSA) is 26.3 Å². The number of hydrogen-bond donors (Lipinski definition) is 0. The lowest BCUT2D eigenvalue weighted by Gasteiger charge is -2.18. The summed E-state index contributed by atoms with van der Waals surface area (Å²) in [5.74, 6) is 0. The third-order valence-corrected chi connectivity index (χ3v) is 7.12. The van der Waals surface area contributed by atoms with E-state index in [1.54, 1.807) is 0 Å². The highest BCUT2D eigenvalue weighted by atomic mass is 79.9. The van der Waals surface area contributed by atoms with Gasteiger partial charge in [0.1, 0.15) is 22.3 Å². The van der Waals surface area contributed by atoms with Crippen LogP contribution < -0.4 is 0 Å². The monoisotopic (exact) mass is 526 g/mol. The first kappa shape index (κ1) is 23.7. The minimum Gasteiger partial charge on any atom is -0.456 e. The number of rotatable bonds is 0. The predicted octanol–water partition coefficient (Wildman–Crippen LogP) is 10.5. The minimum absolute atomic E-state index is 0.0832. The Bertz CT molecular complexity index is 1670. The molecule has 0 aliphatic rings. The lowest BCUT2D eigenvalue weighted by Crippen LogP contribution is -2.10. The second-order valence-corrected chi connectivity index (χ2v) is 12.0. The van der Waals surface area contributed by atoms with Crippen molar-refractivity contribution in [3.8, 4) is 0 Å². The summed E-state index contributed by atoms with van der Waals surface area (Å²) in [7, 11) is 0. The first-order valence-corrected chi connectivity index (χ1v) is 12.9. The predicted molar refractivity (Wildman–Crippen MR) is 153 cm³/mol. The van der Waals surface area contributed by atoms with Crippen molar-refractivity contribution in [3.63, 3.8) is 0 Å². The zero-order valence-corrected chi connectivity index (χ0v) is 22.8. The SMILES string of the molecule is CC(C)(C)c1cccc2c1oc1c(Br)cccc12.CC(C)(C)c1cccc2c1oc1ccccc12. The molecular formula is C32H31BrO2. The molecule has 0 amide bonds. The molecule has 0 atom stereocenters. The molecule has 2 heterocycles. The summed E-state index contributed by atoms with van der Waals surface area (Å²) in [4.78, 5) is 0. The van der Waals surface area contributed by atoms with Crippen LogP contribution in [0, 0.1) is 0 Å². The van der Waals surface area contributed by atoms with Crippen molar-refractivity contribution in [1.29, 1.82) is 0 Å². The lowest BCUT2D eigenvalue weighted by atomic mass is 9.86. The molecule has 0 saturated heterocycles. The molecular weight excluding hydrogens is 496 g/mol. The number of fused-ring (bicyclic) bond motifs is 6. The van der Waals surface area contributed by atoms with E-state index in [2.05, 4.69) is 112 Å². The summed E-state index contributed by atoms with van der Waals surface area (Å²) in [6.07, 6.45) is 0. The molecule has 0 N–H and O–H groups in total. The Morgan fingerprint density at radius 3 is 1.54 bits per heavy atom. The smallest absolute Gasteiger partial charge is 0.149 e. The van der Waals surface area contributed by atoms with Gasteiger partial charge in [-0.3, -0.25) is 0 Å². The highest BCUT2D eigenvalue weighted by molar-refractivity contribution is 9.10. The van der Waals surface area contributed by atoms with Crippen LogP contribution >= 0.6 is 15.9 Å². The van der Waals surface area contributed by atoms with Crippen molar-refractivity contribution in [2.75, 3.05) is 0 Å². The van der Waals surface area contributed by atoms with Crippen molar-refractivity contribution in [2.24, 2.45) is 0 Å². The van der Waals surface area contributed by atoms with E-state index in [1.165, 1.54) is 32.7 Å². The number of para-hydroxylation sites is 4. The fourth-order valence-corrected chi connectivity index (χ4v) is 5.16. The zero-order chi connectivity index (χ0) is 25.0. The van der Waals surface area contributed by atoms with Gasteiger partial charge in [-0.15, -0.1) is 0 Å². The number of benzene rings is 4. The molecule has 0 saturated carbocycles. The van der Waals surface area contributed by atoms with Gasteiger partial charge in [-0.2, -0.15) is 0 Å². The molecule has 2 aromatic heterocycles. The van der Waals surface area contributed by atoms with Gasteiger partial charge in [0.2, 0.25) is 0 Å². The lowest BCUT2D eigenvalue weighted by molar-refractivity contribution is 0.572. The molecule has 0 fully saturated rings. The summed E-state index contributed by atoms with van der Waals surface area (Å²) >= 11 is 3.56. The maximum Gasteiger partial charge on any atom is 0.149 e. The molecule has 6 rings (SSSR count). The van der Waals surface area contributed by atoms with E-state index >= 15 is 0 Å². The molecule has 178 valence electrons. The van der Waals surface area contributed by atoms with E-state index in [9.17, 15) is 0 Å². The molecule has 0 aliphatic carbocycles. The summed E-state index contributed by atoms with van der Waals surface area (Å²) in [5.41, 5.74) is 6.65. The van der Waals surface area contributed by atoms with E-state index in [-0.39, 0.29) is 10.8 Å². The minimum atomic E-state index is 0.0832. The Labute approximate surface area is 215 Å². The molecule has 0 unspecified atom stereocenters. The fourth-order valence-electron chi connectivity index (χ4n) is 4.71. The normalized spacial score (nSPS) is 12.4. The van der Waals surface area contributed by atoms with Gasteiger partial charge in [0.25, 0.3) is 0 Å². The first-order valence-electron chi connectivity index (χ1n) is 12.1. The van der Waals surface area contributed by atoms with Crippen molar-refractivity contribution in [1.82, 2.24) is 0 Å². The van der Waals surface area contributed by atoms with E-state index in [1.807, 2.05) is 24.3 Å². The summed E-state index contributed by atoms with van der Waals surface area (Å²) in [6.45, 7) is 13.3. The quantitative estimate of drug-likeness (QED) is 0.196. The van der Waals surface area contributed by atoms with Gasteiger partial charge in [-0.25, -0.2) is 0 Å². The van der Waals surface area contributed by atoms with E-state index in [0.717, 1.165) is 26.8 Å². The summed E-state index contributed by atoms with van der Waals surface area (Å²) in [5, 5.41) is 4.78. The maximum atomic E-state index is 6.09. The third kappa shape index (κ3) is 4.27. The average molecular weight is 528 g/mol. The molecule has 4 aromatic carbocycles. The maximum absolute atomic E-state index is 6.09. The van der Waals surface area contributed by atoms with Crippen molar-refractivity contribution < 1.29 is 8.83 Å². The van der Waals surface area contributed by atoms with Gasteiger partial charge in [0, 0.05) is 32.7 Å². The molecule has 2 nitrogen and oxygen atoms in total. The molecule has 3 heteroatoms. The third-order valence-electron chi connectivity index (χ3n) is 6.50. The van der Waals surface area contributed by atoms with Crippen molar-refractivity contribution in [3.05, 3.63) is 94.5 Å². The Morgan fingerprint density at radius 1 is 0.486 bits per heavy atom. The second kappa shape index (κ2) is 8.57. The summed E-state index contributed by atoms with van der Waals surface area (Å²) in [6, 6.07) is 27.2. The fraction of sp³-hybridized carbons (Fsp3) is 0.250. The largest absolute Gasteiger partial charge is 0.456 e. The zero-order valence-electron chi connectivity index (χ0n) is 21.2. The van der Waals surface area contributed by atoms with Crippen LogP contribution in [0.15, 0.2) is 92.2 Å². The van der Waals surface area contributed by atoms with Gasteiger partial charge in [-0.05, 0) is 38.9 Å². The molecule has 0 spiro atoms. The van der Waals surface area contributed by atoms with Gasteiger partial charge in [-0.1, -0.05) is 108 Å². The number of halogens is 1. The van der Waals surface area contributed by atoms with Crippen LogP contribution in [-0.4, -0.2) is 0 Å². The van der Waals surface area contributed by atoms with Crippen LogP contribution in [0.3, 0.4) is 0 Å². The first-order chi connectivity index (χ1) is 16.6. The van der Waals surface area contributed by atoms with Crippen molar-refractivity contribution >= 4 is 59.8 Å². The van der Waals surface area contributed by atoms with Crippen LogP contribution in [0.1, 0.15) is 52.7 Å². The number of furan rings is 2. The van der Waals surface area contributed by atoms with E-state index in [0.29, 0.717) is 0 Å². The number of hydrogen-bond acceptors (Lipinski definition) is 2. The Morgan fingerprint density at radius 2 is 0.943 bits per heavy atom. The highest BCUT2D eigenvalue weighted by Crippen LogP contribution is 2.38. The van der Waals surface area contributed by atoms with Crippen LogP contribution in [-0.2, 0) is 10.8 Å². The molecule has 0 radical (unpaired) electrons.